The Morgan fingerprint density at radius 1 is 1.21 bits per heavy atom. The van der Waals surface area contributed by atoms with Crippen molar-refractivity contribution in [3.05, 3.63) is 69.8 Å². The number of nitrogens with zero attached hydrogens (tertiary/aromatic N) is 3. The van der Waals surface area contributed by atoms with Crippen molar-refractivity contribution >= 4 is 39.6 Å². The van der Waals surface area contributed by atoms with Gasteiger partial charge in [0, 0.05) is 23.1 Å². The predicted molar refractivity (Wildman–Crippen MR) is 97.0 cm³/mol. The van der Waals surface area contributed by atoms with E-state index < -0.39 is 0 Å². The molecule has 24 heavy (non-hydrogen) atoms. The maximum atomic E-state index is 11.0. The van der Waals surface area contributed by atoms with E-state index in [0.29, 0.717) is 16.4 Å². The molecule has 0 amide bonds. The zero-order valence-electron chi connectivity index (χ0n) is 12.8. The van der Waals surface area contributed by atoms with Gasteiger partial charge in [-0.2, -0.15) is 0 Å². The Labute approximate surface area is 147 Å². The molecule has 0 spiro atoms. The zero-order chi connectivity index (χ0) is 16.9. The molecule has 0 fully saturated rings. The summed E-state index contributed by atoms with van der Waals surface area (Å²) in [6.45, 7) is 2.03. The fraction of sp³-hybridized carbons (Fsp3) is 0.125. The Bertz CT molecular complexity index is 867. The van der Waals surface area contributed by atoms with Gasteiger partial charge in [-0.25, -0.2) is 0 Å². The van der Waals surface area contributed by atoms with Gasteiger partial charge in [0.15, 0.2) is 4.34 Å². The molecule has 0 bridgehead atoms. The summed E-state index contributed by atoms with van der Waals surface area (Å²) in [5.41, 5.74) is 2.93. The molecule has 0 saturated carbocycles. The third kappa shape index (κ3) is 4.09. The number of hydrogen-bond donors (Lipinski definition) is 1. The Balaban J connectivity index is 1.66. The van der Waals surface area contributed by atoms with Gasteiger partial charge in [-0.15, -0.1) is 10.2 Å². The second-order valence-corrected chi connectivity index (χ2v) is 7.24. The first kappa shape index (κ1) is 16.4. The van der Waals surface area contributed by atoms with Gasteiger partial charge in [-0.3, -0.25) is 10.1 Å². The normalized spacial score (nSPS) is 10.5. The minimum atomic E-state index is -0.360. The topological polar surface area (TPSA) is 81.0 Å². The van der Waals surface area contributed by atoms with Crippen molar-refractivity contribution in [2.75, 3.05) is 5.32 Å². The number of nitro groups is 1. The average molecular weight is 358 g/mol. The Kier molecular flexibility index (Phi) is 5.07. The number of anilines is 2. The van der Waals surface area contributed by atoms with Gasteiger partial charge in [0.05, 0.1) is 4.92 Å². The number of aryl methyl sites for hydroxylation is 1. The molecule has 2 aromatic carbocycles. The number of aromatic nitrogens is 2. The van der Waals surface area contributed by atoms with Gasteiger partial charge in [-0.1, -0.05) is 53.4 Å². The number of rotatable bonds is 6. The van der Waals surface area contributed by atoms with Crippen molar-refractivity contribution in [3.63, 3.8) is 0 Å². The molecule has 1 heterocycles. The van der Waals surface area contributed by atoms with Crippen molar-refractivity contribution in [3.8, 4) is 0 Å². The van der Waals surface area contributed by atoms with E-state index in [9.17, 15) is 10.1 Å². The highest BCUT2D eigenvalue weighted by molar-refractivity contribution is 8.00. The second-order valence-electron chi connectivity index (χ2n) is 5.04. The molecule has 8 heteroatoms. The molecule has 0 aliphatic carbocycles. The van der Waals surface area contributed by atoms with E-state index in [-0.39, 0.29) is 10.6 Å². The third-order valence-corrected chi connectivity index (χ3v) is 5.24. The lowest BCUT2D eigenvalue weighted by Crippen LogP contribution is -1.93. The van der Waals surface area contributed by atoms with Crippen LogP contribution in [0.25, 0.3) is 0 Å². The quantitative estimate of drug-likeness (QED) is 0.387. The SMILES string of the molecule is Cc1cccc(Nc2nnc(SCc3ccccc3[N+](=O)[O-])s2)c1. The van der Waals surface area contributed by atoms with Gasteiger partial charge < -0.3 is 5.32 Å². The smallest absolute Gasteiger partial charge is 0.273 e. The summed E-state index contributed by atoms with van der Waals surface area (Å²) >= 11 is 2.87. The van der Waals surface area contributed by atoms with E-state index in [0.717, 1.165) is 15.6 Å². The molecule has 1 N–H and O–H groups in total. The Hall–Kier alpha value is -2.45. The monoisotopic (exact) mass is 358 g/mol. The average Bonchev–Trinajstić information content (AvgIpc) is 3.00. The molecule has 0 unspecified atom stereocenters. The van der Waals surface area contributed by atoms with Crippen LogP contribution in [-0.2, 0) is 5.75 Å². The van der Waals surface area contributed by atoms with E-state index in [4.69, 9.17) is 0 Å². The molecule has 0 saturated heterocycles. The first-order valence-electron chi connectivity index (χ1n) is 7.14. The molecule has 0 radical (unpaired) electrons. The zero-order valence-corrected chi connectivity index (χ0v) is 14.4. The van der Waals surface area contributed by atoms with Gasteiger partial charge in [0.25, 0.3) is 5.69 Å². The first-order chi connectivity index (χ1) is 11.6. The summed E-state index contributed by atoms with van der Waals surface area (Å²) in [6, 6.07) is 14.7. The summed E-state index contributed by atoms with van der Waals surface area (Å²) in [6.07, 6.45) is 0. The lowest BCUT2D eigenvalue weighted by atomic mass is 10.2. The summed E-state index contributed by atoms with van der Waals surface area (Å²) in [7, 11) is 0. The summed E-state index contributed by atoms with van der Waals surface area (Å²) in [5.74, 6) is 0.482. The fourth-order valence-electron chi connectivity index (χ4n) is 2.12. The molecule has 0 aliphatic heterocycles. The number of benzene rings is 2. The van der Waals surface area contributed by atoms with Crippen molar-refractivity contribution in [1.82, 2.24) is 10.2 Å². The van der Waals surface area contributed by atoms with Crippen LogP contribution in [0.5, 0.6) is 0 Å². The number of thioether (sulfide) groups is 1. The molecule has 0 aliphatic rings. The molecular formula is C16H14N4O2S2. The number of hydrogen-bond acceptors (Lipinski definition) is 7. The van der Waals surface area contributed by atoms with Crippen LogP contribution in [0.4, 0.5) is 16.5 Å². The molecule has 122 valence electrons. The van der Waals surface area contributed by atoms with Crippen molar-refractivity contribution in [2.45, 2.75) is 17.0 Å². The van der Waals surface area contributed by atoms with Crippen LogP contribution in [0.15, 0.2) is 52.9 Å². The Morgan fingerprint density at radius 2 is 2.04 bits per heavy atom. The van der Waals surface area contributed by atoms with Crippen molar-refractivity contribution in [2.24, 2.45) is 0 Å². The van der Waals surface area contributed by atoms with Crippen LogP contribution in [0.1, 0.15) is 11.1 Å². The second kappa shape index (κ2) is 7.41. The van der Waals surface area contributed by atoms with Gasteiger partial charge in [0.1, 0.15) is 0 Å². The molecule has 6 nitrogen and oxygen atoms in total. The third-order valence-electron chi connectivity index (χ3n) is 3.22. The van der Waals surface area contributed by atoms with Crippen molar-refractivity contribution < 1.29 is 4.92 Å². The van der Waals surface area contributed by atoms with Crippen LogP contribution in [-0.4, -0.2) is 15.1 Å². The van der Waals surface area contributed by atoms with E-state index in [2.05, 4.69) is 15.5 Å². The molecular weight excluding hydrogens is 344 g/mol. The van der Waals surface area contributed by atoms with Crippen LogP contribution >= 0.6 is 23.1 Å². The van der Waals surface area contributed by atoms with Crippen LogP contribution in [0.3, 0.4) is 0 Å². The molecule has 3 aromatic rings. The number of para-hydroxylation sites is 1. The van der Waals surface area contributed by atoms with E-state index in [1.54, 1.807) is 18.2 Å². The summed E-state index contributed by atoms with van der Waals surface area (Å²) in [5, 5.41) is 23.2. The number of nitro benzene ring substituents is 1. The van der Waals surface area contributed by atoms with Crippen LogP contribution in [0, 0.1) is 17.0 Å². The lowest BCUT2D eigenvalue weighted by Gasteiger charge is -2.02. The van der Waals surface area contributed by atoms with Crippen LogP contribution in [0.2, 0.25) is 0 Å². The largest absolute Gasteiger partial charge is 0.330 e. The van der Waals surface area contributed by atoms with Crippen LogP contribution < -0.4 is 5.32 Å². The van der Waals surface area contributed by atoms with Gasteiger partial charge in [0.2, 0.25) is 5.13 Å². The van der Waals surface area contributed by atoms with E-state index in [1.807, 2.05) is 31.2 Å². The summed E-state index contributed by atoms with van der Waals surface area (Å²) in [4.78, 5) is 10.7. The highest BCUT2D eigenvalue weighted by atomic mass is 32.2. The molecule has 0 atom stereocenters. The standard InChI is InChI=1S/C16H14N4O2S2/c1-11-5-4-7-13(9-11)17-15-18-19-16(24-15)23-10-12-6-2-3-8-14(12)20(21)22/h2-9H,10H2,1H3,(H,17,18). The number of nitrogens with one attached hydrogen (secondary N) is 1. The Morgan fingerprint density at radius 3 is 2.83 bits per heavy atom. The van der Waals surface area contributed by atoms with E-state index in [1.165, 1.54) is 29.2 Å². The summed E-state index contributed by atoms with van der Waals surface area (Å²) < 4.78 is 0.767. The lowest BCUT2D eigenvalue weighted by molar-refractivity contribution is -0.385. The molecule has 1 aromatic heterocycles. The van der Waals surface area contributed by atoms with Gasteiger partial charge in [-0.05, 0) is 24.6 Å². The fourth-order valence-corrected chi connectivity index (χ4v) is 3.88. The molecule has 3 rings (SSSR count). The predicted octanol–water partition coefficient (Wildman–Crippen LogP) is 4.79. The highest BCUT2D eigenvalue weighted by Gasteiger charge is 2.13. The highest BCUT2D eigenvalue weighted by Crippen LogP contribution is 2.32. The van der Waals surface area contributed by atoms with Gasteiger partial charge >= 0.3 is 0 Å². The maximum Gasteiger partial charge on any atom is 0.273 e. The first-order valence-corrected chi connectivity index (χ1v) is 8.94. The minimum Gasteiger partial charge on any atom is -0.330 e. The van der Waals surface area contributed by atoms with E-state index >= 15 is 0 Å². The maximum absolute atomic E-state index is 11.0. The minimum absolute atomic E-state index is 0.132. The van der Waals surface area contributed by atoms with Crippen molar-refractivity contribution in [1.29, 1.82) is 0 Å².